The Balaban J connectivity index is 0.00000364. The van der Waals surface area contributed by atoms with Gasteiger partial charge in [-0.05, 0) is 51.7 Å². The maximum Gasteiger partial charge on any atom is 0.191 e. The number of ether oxygens (including phenoxy) is 1. The van der Waals surface area contributed by atoms with Crippen molar-refractivity contribution in [3.05, 3.63) is 30.1 Å². The molecule has 0 saturated carbocycles. The molecule has 0 aliphatic heterocycles. The second-order valence-electron chi connectivity index (χ2n) is 6.39. The number of methoxy groups -OCH3 is 1. The van der Waals surface area contributed by atoms with E-state index in [4.69, 9.17) is 9.73 Å². The Labute approximate surface area is 180 Å². The summed E-state index contributed by atoms with van der Waals surface area (Å²) < 4.78 is 7.36. The normalized spacial score (nSPS) is 11.4. The predicted octanol–water partition coefficient (Wildman–Crippen LogP) is 3.72. The van der Waals surface area contributed by atoms with Crippen molar-refractivity contribution < 1.29 is 4.74 Å². The molecule has 1 heterocycles. The van der Waals surface area contributed by atoms with Gasteiger partial charge in [0.2, 0.25) is 0 Å². The summed E-state index contributed by atoms with van der Waals surface area (Å²) in [6, 6.07) is 8.30. The number of halogens is 1. The Morgan fingerprint density at radius 2 is 1.96 bits per heavy atom. The Hall–Kier alpha value is -1.35. The summed E-state index contributed by atoms with van der Waals surface area (Å²) in [6.07, 6.45) is 4.41. The Morgan fingerprint density at radius 1 is 1.15 bits per heavy atom. The van der Waals surface area contributed by atoms with Gasteiger partial charge in [0.15, 0.2) is 5.96 Å². The molecule has 0 atom stereocenters. The predicted molar refractivity (Wildman–Crippen MR) is 124 cm³/mol. The Morgan fingerprint density at radius 3 is 2.74 bits per heavy atom. The highest BCUT2D eigenvalue weighted by Crippen LogP contribution is 2.15. The molecule has 0 saturated heterocycles. The molecule has 0 bridgehead atoms. The fourth-order valence-electron chi connectivity index (χ4n) is 2.99. The lowest BCUT2D eigenvalue weighted by Crippen LogP contribution is -2.37. The molecule has 0 radical (unpaired) electrons. The lowest BCUT2D eigenvalue weighted by molar-refractivity contribution is 0.192. The van der Waals surface area contributed by atoms with E-state index < -0.39 is 0 Å². The van der Waals surface area contributed by atoms with Crippen LogP contribution in [-0.2, 0) is 11.3 Å². The molecule has 6 nitrogen and oxygen atoms in total. The molecule has 27 heavy (non-hydrogen) atoms. The first-order valence-electron chi connectivity index (χ1n) is 9.69. The molecular formula is C20H34IN5O. The average Bonchev–Trinajstić information content (AvgIpc) is 2.96. The van der Waals surface area contributed by atoms with Crippen LogP contribution in [0.5, 0.6) is 0 Å². The van der Waals surface area contributed by atoms with Crippen molar-refractivity contribution in [1.29, 1.82) is 0 Å². The monoisotopic (exact) mass is 487 g/mol. The van der Waals surface area contributed by atoms with Crippen molar-refractivity contribution in [3.8, 4) is 0 Å². The van der Waals surface area contributed by atoms with Gasteiger partial charge >= 0.3 is 0 Å². The molecule has 0 aliphatic rings. The summed E-state index contributed by atoms with van der Waals surface area (Å²) in [4.78, 5) is 9.31. The summed E-state index contributed by atoms with van der Waals surface area (Å²) in [5, 5.41) is 6.73. The van der Waals surface area contributed by atoms with Crippen LogP contribution < -0.4 is 10.6 Å². The molecule has 152 valence electrons. The third-order valence-electron chi connectivity index (χ3n) is 4.32. The van der Waals surface area contributed by atoms with Crippen molar-refractivity contribution in [1.82, 2.24) is 20.2 Å². The smallest absolute Gasteiger partial charge is 0.191 e. The zero-order valence-electron chi connectivity index (χ0n) is 16.8. The van der Waals surface area contributed by atoms with Gasteiger partial charge in [-0.25, -0.2) is 4.98 Å². The lowest BCUT2D eigenvalue weighted by Gasteiger charge is -2.11. The van der Waals surface area contributed by atoms with E-state index in [1.54, 1.807) is 7.11 Å². The van der Waals surface area contributed by atoms with E-state index in [0.29, 0.717) is 0 Å². The Kier molecular flexibility index (Phi) is 12.1. The van der Waals surface area contributed by atoms with Crippen molar-refractivity contribution in [2.45, 2.75) is 46.1 Å². The summed E-state index contributed by atoms with van der Waals surface area (Å²) >= 11 is 0. The number of hydrogen-bond donors (Lipinski definition) is 2. The number of hydrogen-bond acceptors (Lipinski definition) is 3. The van der Waals surface area contributed by atoms with Gasteiger partial charge in [-0.1, -0.05) is 12.1 Å². The summed E-state index contributed by atoms with van der Waals surface area (Å²) in [5.41, 5.74) is 2.27. The van der Waals surface area contributed by atoms with E-state index in [0.717, 1.165) is 69.3 Å². The number of aromatic nitrogens is 2. The lowest BCUT2D eigenvalue weighted by atomic mass is 10.2. The van der Waals surface area contributed by atoms with Crippen LogP contribution in [0, 0.1) is 6.92 Å². The zero-order valence-corrected chi connectivity index (χ0v) is 19.2. The van der Waals surface area contributed by atoms with Crippen molar-refractivity contribution in [3.63, 3.8) is 0 Å². The van der Waals surface area contributed by atoms with Gasteiger partial charge in [-0.3, -0.25) is 4.99 Å². The molecule has 2 aromatic rings. The molecule has 0 aliphatic carbocycles. The number of aryl methyl sites for hydroxylation is 2. The maximum atomic E-state index is 5.08. The van der Waals surface area contributed by atoms with Gasteiger partial charge in [0.05, 0.1) is 11.0 Å². The average molecular weight is 487 g/mol. The highest BCUT2D eigenvalue weighted by Gasteiger charge is 2.05. The van der Waals surface area contributed by atoms with Gasteiger partial charge in [0, 0.05) is 39.9 Å². The van der Waals surface area contributed by atoms with Crippen molar-refractivity contribution in [2.75, 3.05) is 33.4 Å². The molecule has 7 heteroatoms. The number of nitrogens with zero attached hydrogens (tertiary/aromatic N) is 3. The third kappa shape index (κ3) is 8.04. The van der Waals surface area contributed by atoms with Gasteiger partial charge in [-0.2, -0.15) is 0 Å². The minimum absolute atomic E-state index is 0. The summed E-state index contributed by atoms with van der Waals surface area (Å²) in [7, 11) is 1.75. The highest BCUT2D eigenvalue weighted by molar-refractivity contribution is 14.0. The number of imidazole rings is 1. The van der Waals surface area contributed by atoms with Crippen molar-refractivity contribution >= 4 is 41.0 Å². The third-order valence-corrected chi connectivity index (χ3v) is 4.32. The minimum atomic E-state index is 0. The van der Waals surface area contributed by atoms with E-state index in [-0.39, 0.29) is 24.0 Å². The van der Waals surface area contributed by atoms with Gasteiger partial charge in [0.1, 0.15) is 5.82 Å². The number of unbranched alkanes of at least 4 members (excludes halogenated alkanes) is 2. The number of fused-ring (bicyclic) bond motifs is 1. The molecule has 0 unspecified atom stereocenters. The first-order valence-corrected chi connectivity index (χ1v) is 9.69. The fraction of sp³-hybridized carbons (Fsp3) is 0.600. The van der Waals surface area contributed by atoms with Crippen LogP contribution in [0.4, 0.5) is 0 Å². The number of rotatable bonds is 11. The van der Waals surface area contributed by atoms with Crippen LogP contribution in [0.3, 0.4) is 0 Å². The molecule has 1 aromatic carbocycles. The number of aliphatic imine (C=N–C) groups is 1. The van der Waals surface area contributed by atoms with Gasteiger partial charge in [0.25, 0.3) is 0 Å². The number of nitrogens with one attached hydrogen (secondary N) is 2. The van der Waals surface area contributed by atoms with Gasteiger partial charge < -0.3 is 19.9 Å². The number of benzene rings is 1. The fourth-order valence-corrected chi connectivity index (χ4v) is 2.99. The second-order valence-corrected chi connectivity index (χ2v) is 6.39. The van der Waals surface area contributed by atoms with Crippen LogP contribution in [-0.4, -0.2) is 48.9 Å². The van der Waals surface area contributed by atoms with E-state index >= 15 is 0 Å². The van der Waals surface area contributed by atoms with Crippen LogP contribution in [0.2, 0.25) is 0 Å². The zero-order chi connectivity index (χ0) is 18.6. The molecule has 1 aromatic heterocycles. The van der Waals surface area contributed by atoms with E-state index in [1.165, 1.54) is 11.9 Å². The topological polar surface area (TPSA) is 63.5 Å². The summed E-state index contributed by atoms with van der Waals surface area (Å²) in [5.74, 6) is 1.97. The van der Waals surface area contributed by atoms with Crippen molar-refractivity contribution in [2.24, 2.45) is 4.99 Å². The number of para-hydroxylation sites is 2. The SMILES string of the molecule is CCNC(=NCCCn1c(C)nc2ccccc21)NCCCCCOC.I. The molecule has 0 spiro atoms. The minimum Gasteiger partial charge on any atom is -0.385 e. The molecule has 0 fully saturated rings. The molecule has 2 N–H and O–H groups in total. The molecular weight excluding hydrogens is 453 g/mol. The standard InChI is InChI=1S/C20H33N5O.HI/c1-4-21-20(22-13-8-5-9-16-26-3)23-14-10-15-25-17(2)24-18-11-6-7-12-19(18)25;/h6-7,11-12H,4-5,8-10,13-16H2,1-3H3,(H2,21,22,23);1H. The van der Waals surface area contributed by atoms with Crippen LogP contribution in [0.1, 0.15) is 38.4 Å². The van der Waals surface area contributed by atoms with Crippen LogP contribution in [0.25, 0.3) is 11.0 Å². The summed E-state index contributed by atoms with van der Waals surface area (Å²) in [6.45, 7) is 8.56. The molecule has 0 amide bonds. The Bertz CT molecular complexity index is 686. The van der Waals surface area contributed by atoms with E-state index in [9.17, 15) is 0 Å². The number of guanidine groups is 1. The van der Waals surface area contributed by atoms with Crippen LogP contribution in [0.15, 0.2) is 29.3 Å². The highest BCUT2D eigenvalue weighted by atomic mass is 127. The largest absolute Gasteiger partial charge is 0.385 e. The molecule has 2 rings (SSSR count). The second kappa shape index (κ2) is 13.8. The first-order chi connectivity index (χ1) is 12.8. The quantitative estimate of drug-likeness (QED) is 0.220. The maximum absolute atomic E-state index is 5.08. The van der Waals surface area contributed by atoms with E-state index in [2.05, 4.69) is 52.2 Å². The first kappa shape index (κ1) is 23.7. The van der Waals surface area contributed by atoms with Crippen LogP contribution >= 0.6 is 24.0 Å². The van der Waals surface area contributed by atoms with E-state index in [1.807, 2.05) is 6.07 Å². The van der Waals surface area contributed by atoms with Gasteiger partial charge in [-0.15, -0.1) is 24.0 Å².